The van der Waals surface area contributed by atoms with Crippen LogP contribution >= 0.6 is 0 Å². The highest BCUT2D eigenvalue weighted by atomic mass is 16.5. The Balaban J connectivity index is 3.36. The molecule has 6 nitrogen and oxygen atoms in total. The van der Waals surface area contributed by atoms with Crippen molar-refractivity contribution in [2.45, 2.75) is 475 Å². The highest BCUT2D eigenvalue weighted by Gasteiger charge is 2.18. The molecular formula is C82H159NO5. The average Bonchev–Trinajstić information content (AvgIpc) is 3.58. The molecule has 0 aromatic rings. The molecule has 0 heterocycles. The molecule has 2 atom stereocenters. The van der Waals surface area contributed by atoms with E-state index in [1.807, 2.05) is 6.08 Å². The summed E-state index contributed by atoms with van der Waals surface area (Å²) in [6, 6.07) is -0.627. The Bertz CT molecular complexity index is 1380. The zero-order chi connectivity index (χ0) is 63.5. The highest BCUT2D eigenvalue weighted by molar-refractivity contribution is 5.76. The van der Waals surface area contributed by atoms with Crippen molar-refractivity contribution in [2.24, 2.45) is 0 Å². The number of rotatable bonds is 77. The molecule has 0 saturated heterocycles. The number of aliphatic hydroxyl groups excluding tert-OH is 2. The van der Waals surface area contributed by atoms with E-state index in [1.165, 1.54) is 398 Å². The van der Waals surface area contributed by atoms with Gasteiger partial charge in [0, 0.05) is 12.8 Å². The first-order valence-corrected chi connectivity index (χ1v) is 40.6. The fourth-order valence-electron chi connectivity index (χ4n) is 13.0. The predicted molar refractivity (Wildman–Crippen MR) is 389 cm³/mol. The van der Waals surface area contributed by atoms with Gasteiger partial charge in [0.05, 0.1) is 25.4 Å². The van der Waals surface area contributed by atoms with Crippen molar-refractivity contribution >= 4 is 11.9 Å². The van der Waals surface area contributed by atoms with E-state index in [0.29, 0.717) is 19.4 Å². The van der Waals surface area contributed by atoms with E-state index in [-0.39, 0.29) is 18.5 Å². The first kappa shape index (κ1) is 86.3. The summed E-state index contributed by atoms with van der Waals surface area (Å²) in [4.78, 5) is 24.7. The number of amides is 1. The van der Waals surface area contributed by atoms with Gasteiger partial charge in [-0.15, -0.1) is 0 Å². The van der Waals surface area contributed by atoms with Gasteiger partial charge in [-0.3, -0.25) is 9.59 Å². The Hall–Kier alpha value is -1.66. The van der Waals surface area contributed by atoms with Crippen molar-refractivity contribution in [1.82, 2.24) is 5.32 Å². The van der Waals surface area contributed by atoms with Crippen LogP contribution in [0.1, 0.15) is 463 Å². The second kappa shape index (κ2) is 77.8. The summed E-state index contributed by atoms with van der Waals surface area (Å²) in [5.41, 5.74) is 0. The van der Waals surface area contributed by atoms with Crippen LogP contribution in [0.15, 0.2) is 24.3 Å². The number of unbranched alkanes of at least 4 members (excludes halogenated alkanes) is 64. The first-order valence-electron chi connectivity index (χ1n) is 40.6. The van der Waals surface area contributed by atoms with Crippen molar-refractivity contribution < 1.29 is 24.5 Å². The fraction of sp³-hybridized carbons (Fsp3) is 0.927. The van der Waals surface area contributed by atoms with Gasteiger partial charge < -0.3 is 20.3 Å². The van der Waals surface area contributed by atoms with Crippen molar-refractivity contribution in [2.75, 3.05) is 13.2 Å². The Morgan fingerprint density at radius 2 is 0.534 bits per heavy atom. The lowest BCUT2D eigenvalue weighted by atomic mass is 10.0. The third-order valence-electron chi connectivity index (χ3n) is 19.2. The van der Waals surface area contributed by atoms with Gasteiger partial charge in [-0.25, -0.2) is 0 Å². The molecule has 0 aliphatic carbocycles. The quantitative estimate of drug-likeness (QED) is 0.0320. The fourth-order valence-corrected chi connectivity index (χ4v) is 13.0. The van der Waals surface area contributed by atoms with Crippen LogP contribution in [-0.4, -0.2) is 47.4 Å². The maximum atomic E-state index is 12.5. The molecule has 0 fully saturated rings. The molecule has 2 unspecified atom stereocenters. The van der Waals surface area contributed by atoms with E-state index >= 15 is 0 Å². The minimum absolute atomic E-state index is 0.0234. The Kier molecular flexibility index (Phi) is 76.3. The summed E-state index contributed by atoms with van der Waals surface area (Å²) >= 11 is 0. The second-order valence-corrected chi connectivity index (χ2v) is 28.1. The van der Waals surface area contributed by atoms with Crippen LogP contribution in [0.4, 0.5) is 0 Å². The lowest BCUT2D eigenvalue weighted by Gasteiger charge is -2.20. The van der Waals surface area contributed by atoms with Crippen LogP contribution in [0.5, 0.6) is 0 Å². The molecule has 88 heavy (non-hydrogen) atoms. The summed E-state index contributed by atoms with van der Waals surface area (Å²) in [5, 5.41) is 23.3. The maximum Gasteiger partial charge on any atom is 0.305 e. The van der Waals surface area contributed by atoms with Gasteiger partial charge in [0.1, 0.15) is 0 Å². The van der Waals surface area contributed by atoms with E-state index in [4.69, 9.17) is 4.74 Å². The van der Waals surface area contributed by atoms with Gasteiger partial charge in [-0.05, 0) is 57.8 Å². The number of hydrogen-bond acceptors (Lipinski definition) is 5. The minimum atomic E-state index is -0.844. The highest BCUT2D eigenvalue weighted by Crippen LogP contribution is 2.20. The predicted octanol–water partition coefficient (Wildman–Crippen LogP) is 26.8. The van der Waals surface area contributed by atoms with Crippen LogP contribution in [0.25, 0.3) is 0 Å². The largest absolute Gasteiger partial charge is 0.466 e. The smallest absolute Gasteiger partial charge is 0.305 e. The second-order valence-electron chi connectivity index (χ2n) is 28.1. The Morgan fingerprint density at radius 1 is 0.307 bits per heavy atom. The topological polar surface area (TPSA) is 95.9 Å². The Labute approximate surface area is 551 Å². The number of carbonyl (C=O) groups excluding carboxylic acids is 2. The zero-order valence-corrected chi connectivity index (χ0v) is 60.0. The molecule has 0 aromatic heterocycles. The molecule has 0 radical (unpaired) electrons. The molecule has 522 valence electrons. The molecule has 0 bridgehead atoms. The number of carbonyl (C=O) groups is 2. The molecule has 0 rings (SSSR count). The van der Waals surface area contributed by atoms with Crippen molar-refractivity contribution in [3.8, 4) is 0 Å². The van der Waals surface area contributed by atoms with Gasteiger partial charge in [0.15, 0.2) is 0 Å². The van der Waals surface area contributed by atoms with E-state index in [0.717, 1.165) is 38.5 Å². The number of nitrogens with one attached hydrogen (secondary N) is 1. The van der Waals surface area contributed by atoms with Crippen LogP contribution in [0.2, 0.25) is 0 Å². The number of aliphatic hydroxyl groups is 2. The third kappa shape index (κ3) is 73.4. The summed E-state index contributed by atoms with van der Waals surface area (Å²) < 4.78 is 5.52. The summed E-state index contributed by atoms with van der Waals surface area (Å²) in [6.07, 6.45) is 100. The van der Waals surface area contributed by atoms with E-state index < -0.39 is 12.1 Å². The lowest BCUT2D eigenvalue weighted by molar-refractivity contribution is -0.143. The van der Waals surface area contributed by atoms with Gasteiger partial charge in [0.2, 0.25) is 5.91 Å². The van der Waals surface area contributed by atoms with Crippen molar-refractivity contribution in [1.29, 1.82) is 0 Å². The Morgan fingerprint density at radius 3 is 0.807 bits per heavy atom. The molecule has 0 saturated carbocycles. The maximum absolute atomic E-state index is 12.5. The van der Waals surface area contributed by atoms with Gasteiger partial charge in [0.25, 0.3) is 0 Å². The molecular weight excluding hydrogens is 1080 g/mol. The number of ether oxygens (including phenoxy) is 1. The standard InChI is InChI=1S/C82H159NO5/c1-3-5-7-9-11-13-15-17-19-21-23-35-39-42-46-50-54-58-62-66-70-74-80(85)79(78-84)83-81(86)75-71-67-63-59-55-51-47-43-40-36-33-31-29-27-25-24-26-28-30-32-34-37-41-45-49-53-57-61-65-69-73-77-88-82(87)76-72-68-64-60-56-52-48-44-38-22-20-18-16-14-12-10-8-6-4-2/h26,28,70,74,79-80,84-85H,3-25,27,29-69,71-73,75-78H2,1-2H3,(H,83,86)/b28-26-,74-70+. The molecule has 6 heteroatoms. The van der Waals surface area contributed by atoms with Crippen LogP contribution in [0.3, 0.4) is 0 Å². The lowest BCUT2D eigenvalue weighted by Crippen LogP contribution is -2.45. The molecule has 0 spiro atoms. The zero-order valence-electron chi connectivity index (χ0n) is 60.0. The van der Waals surface area contributed by atoms with Crippen molar-refractivity contribution in [3.63, 3.8) is 0 Å². The number of hydrogen-bond donors (Lipinski definition) is 3. The van der Waals surface area contributed by atoms with Crippen LogP contribution < -0.4 is 5.32 Å². The molecule has 3 N–H and O–H groups in total. The monoisotopic (exact) mass is 1240 g/mol. The van der Waals surface area contributed by atoms with Crippen molar-refractivity contribution in [3.05, 3.63) is 24.3 Å². The molecule has 1 amide bonds. The van der Waals surface area contributed by atoms with Crippen LogP contribution in [-0.2, 0) is 14.3 Å². The first-order chi connectivity index (χ1) is 43.5. The van der Waals surface area contributed by atoms with Crippen LogP contribution in [0, 0.1) is 0 Å². The normalized spacial score (nSPS) is 12.5. The molecule has 0 aromatic carbocycles. The molecule has 0 aliphatic heterocycles. The SMILES string of the molecule is CCCCCCCCCCCCCCCCCCCCC/C=C/C(O)C(CO)NC(=O)CCCCCCCCCCCCCCCCC/C=C\CCCCCCCCCCCCCCOC(=O)CCCCCCCCCCCCCCCCCCCCC. The number of esters is 1. The minimum Gasteiger partial charge on any atom is -0.466 e. The van der Waals surface area contributed by atoms with E-state index in [2.05, 4.69) is 31.3 Å². The molecule has 0 aliphatic rings. The van der Waals surface area contributed by atoms with E-state index in [1.54, 1.807) is 6.08 Å². The van der Waals surface area contributed by atoms with Gasteiger partial charge >= 0.3 is 5.97 Å². The van der Waals surface area contributed by atoms with E-state index in [9.17, 15) is 19.8 Å². The average molecular weight is 1240 g/mol. The van der Waals surface area contributed by atoms with Gasteiger partial charge in [-0.2, -0.15) is 0 Å². The third-order valence-corrected chi connectivity index (χ3v) is 19.2. The summed E-state index contributed by atoms with van der Waals surface area (Å²) in [7, 11) is 0. The summed E-state index contributed by atoms with van der Waals surface area (Å²) in [6.45, 7) is 4.97. The van der Waals surface area contributed by atoms with Gasteiger partial charge in [-0.1, -0.05) is 417 Å². The number of allylic oxidation sites excluding steroid dienone is 3. The summed E-state index contributed by atoms with van der Waals surface area (Å²) in [5.74, 6) is -0.0376.